The Bertz CT molecular complexity index is 179. The smallest absolute Gasteiger partial charge is 0.132 e. The van der Waals surface area contributed by atoms with Gasteiger partial charge in [-0.1, -0.05) is 0 Å². The number of rotatable bonds is 0. The first-order valence-corrected chi connectivity index (χ1v) is 2.37. The zero-order valence-corrected chi connectivity index (χ0v) is 4.73. The Balaban J connectivity index is 2.78. The maximum Gasteiger partial charge on any atom is 0.132 e. The molecule has 0 fully saturated rings. The monoisotopic (exact) mass is 125 g/mol. The molecule has 0 amide bonds. The molecule has 0 atom stereocenters. The highest BCUT2D eigenvalue weighted by Gasteiger charge is 2.00. The van der Waals surface area contributed by atoms with Crippen LogP contribution in [0.25, 0.3) is 0 Å². The SMILES string of the molecule is N/C=C1/C=NN=CN1N. The third-order valence-electron chi connectivity index (χ3n) is 0.902. The van der Waals surface area contributed by atoms with Crippen LogP contribution in [0.4, 0.5) is 0 Å². The van der Waals surface area contributed by atoms with E-state index in [1.54, 1.807) is 0 Å². The van der Waals surface area contributed by atoms with Crippen LogP contribution in [0.5, 0.6) is 0 Å². The van der Waals surface area contributed by atoms with Crippen LogP contribution in [0, 0.1) is 0 Å². The van der Waals surface area contributed by atoms with Crippen LogP contribution in [-0.4, -0.2) is 17.6 Å². The van der Waals surface area contributed by atoms with Gasteiger partial charge in [-0.05, 0) is 0 Å². The first-order valence-electron chi connectivity index (χ1n) is 2.37. The van der Waals surface area contributed by atoms with E-state index in [0.29, 0.717) is 5.70 Å². The first-order chi connectivity index (χ1) is 4.34. The average molecular weight is 125 g/mol. The van der Waals surface area contributed by atoms with Crippen molar-refractivity contribution >= 4 is 12.6 Å². The normalized spacial score (nSPS) is 21.4. The number of hydrogen-bond donors (Lipinski definition) is 2. The highest BCUT2D eigenvalue weighted by molar-refractivity contribution is 5.83. The Morgan fingerprint density at radius 3 is 2.78 bits per heavy atom. The van der Waals surface area contributed by atoms with E-state index >= 15 is 0 Å². The number of nitrogens with two attached hydrogens (primary N) is 2. The lowest BCUT2D eigenvalue weighted by atomic mass is 10.5. The highest BCUT2D eigenvalue weighted by Crippen LogP contribution is 1.94. The minimum absolute atomic E-state index is 0.630. The molecule has 4 N–H and O–H groups in total. The maximum absolute atomic E-state index is 5.33. The number of allylic oxidation sites excluding steroid dienone is 1. The minimum Gasteiger partial charge on any atom is -0.403 e. The van der Waals surface area contributed by atoms with Gasteiger partial charge in [0.2, 0.25) is 0 Å². The van der Waals surface area contributed by atoms with Crippen LogP contribution in [-0.2, 0) is 0 Å². The first kappa shape index (κ1) is 5.77. The third kappa shape index (κ3) is 1.06. The van der Waals surface area contributed by atoms with Crippen molar-refractivity contribution in [2.24, 2.45) is 21.8 Å². The van der Waals surface area contributed by atoms with Crippen LogP contribution in [0.3, 0.4) is 0 Å². The van der Waals surface area contributed by atoms with Gasteiger partial charge in [0.25, 0.3) is 0 Å². The van der Waals surface area contributed by atoms with E-state index in [9.17, 15) is 0 Å². The summed E-state index contributed by atoms with van der Waals surface area (Å²) in [6.07, 6.45) is 4.20. The van der Waals surface area contributed by atoms with Crippen molar-refractivity contribution in [2.75, 3.05) is 0 Å². The number of hydrogen-bond acceptors (Lipinski definition) is 5. The molecule has 9 heavy (non-hydrogen) atoms. The van der Waals surface area contributed by atoms with Crippen molar-refractivity contribution < 1.29 is 0 Å². The van der Waals surface area contributed by atoms with E-state index in [0.717, 1.165) is 0 Å². The molecular weight excluding hydrogens is 118 g/mol. The fraction of sp³-hybridized carbons (Fsp3) is 0. The van der Waals surface area contributed by atoms with E-state index in [1.165, 1.54) is 23.8 Å². The number of hydrazine groups is 1. The lowest BCUT2D eigenvalue weighted by Gasteiger charge is -2.13. The highest BCUT2D eigenvalue weighted by atomic mass is 15.5. The molecule has 0 aromatic carbocycles. The van der Waals surface area contributed by atoms with Gasteiger partial charge >= 0.3 is 0 Å². The summed E-state index contributed by atoms with van der Waals surface area (Å²) in [4.78, 5) is 0. The molecule has 48 valence electrons. The van der Waals surface area contributed by atoms with Gasteiger partial charge in [-0.15, -0.1) is 5.10 Å². The van der Waals surface area contributed by atoms with E-state index in [-0.39, 0.29) is 0 Å². The zero-order chi connectivity index (χ0) is 6.69. The molecular formula is C4H7N5. The van der Waals surface area contributed by atoms with Gasteiger partial charge in [0, 0.05) is 6.20 Å². The second kappa shape index (κ2) is 2.27. The summed E-state index contributed by atoms with van der Waals surface area (Å²) in [5, 5.41) is 8.34. The molecule has 1 heterocycles. The molecule has 0 saturated carbocycles. The van der Waals surface area contributed by atoms with Crippen molar-refractivity contribution in [3.05, 3.63) is 11.9 Å². The van der Waals surface area contributed by atoms with E-state index in [1.807, 2.05) is 0 Å². The number of nitrogens with zero attached hydrogens (tertiary/aromatic N) is 3. The van der Waals surface area contributed by atoms with E-state index < -0.39 is 0 Å². The lowest BCUT2D eigenvalue weighted by molar-refractivity contribution is 0.582. The van der Waals surface area contributed by atoms with Gasteiger partial charge < -0.3 is 5.73 Å². The topological polar surface area (TPSA) is 80.0 Å². The van der Waals surface area contributed by atoms with Crippen molar-refractivity contribution in [3.63, 3.8) is 0 Å². The van der Waals surface area contributed by atoms with E-state index in [4.69, 9.17) is 11.6 Å². The Hall–Kier alpha value is -1.36. The second-order valence-corrected chi connectivity index (χ2v) is 1.47. The van der Waals surface area contributed by atoms with Crippen LogP contribution in [0.15, 0.2) is 22.1 Å². The van der Waals surface area contributed by atoms with Gasteiger partial charge in [-0.25, -0.2) is 5.84 Å². The summed E-state index contributed by atoms with van der Waals surface area (Å²) in [7, 11) is 0. The van der Waals surface area contributed by atoms with Gasteiger partial charge in [0.15, 0.2) is 0 Å². The van der Waals surface area contributed by atoms with Crippen LogP contribution in [0.1, 0.15) is 0 Å². The summed E-state index contributed by atoms with van der Waals surface area (Å²) >= 11 is 0. The second-order valence-electron chi connectivity index (χ2n) is 1.47. The maximum atomic E-state index is 5.33. The molecule has 0 aliphatic carbocycles. The molecule has 1 rings (SSSR count). The predicted octanol–water partition coefficient (Wildman–Crippen LogP) is -1.01. The van der Waals surface area contributed by atoms with Crippen molar-refractivity contribution in [2.45, 2.75) is 0 Å². The third-order valence-corrected chi connectivity index (χ3v) is 0.902. The summed E-state index contributed by atoms with van der Waals surface area (Å²) in [6.45, 7) is 0. The Morgan fingerprint density at radius 1 is 1.56 bits per heavy atom. The Morgan fingerprint density at radius 2 is 2.33 bits per heavy atom. The molecule has 0 saturated heterocycles. The van der Waals surface area contributed by atoms with Gasteiger partial charge in [-0.3, -0.25) is 5.01 Å². The molecule has 0 aromatic rings. The molecule has 0 unspecified atom stereocenters. The van der Waals surface area contributed by atoms with Crippen LogP contribution < -0.4 is 11.6 Å². The molecule has 0 bridgehead atoms. The minimum atomic E-state index is 0.630. The quantitative estimate of drug-likeness (QED) is 0.407. The summed E-state index contributed by atoms with van der Waals surface area (Å²) in [5.74, 6) is 5.33. The molecule has 0 aromatic heterocycles. The fourth-order valence-corrected chi connectivity index (χ4v) is 0.440. The Kier molecular flexibility index (Phi) is 1.46. The van der Waals surface area contributed by atoms with Gasteiger partial charge in [0.1, 0.15) is 6.34 Å². The zero-order valence-electron chi connectivity index (χ0n) is 4.73. The Labute approximate surface area is 52.3 Å². The lowest BCUT2D eigenvalue weighted by Crippen LogP contribution is -2.31. The van der Waals surface area contributed by atoms with Crippen molar-refractivity contribution in [3.8, 4) is 0 Å². The van der Waals surface area contributed by atoms with Crippen LogP contribution >= 0.6 is 0 Å². The molecule has 1 aliphatic heterocycles. The predicted molar refractivity (Wildman–Crippen MR) is 35.3 cm³/mol. The van der Waals surface area contributed by atoms with Gasteiger partial charge in [0.05, 0.1) is 11.9 Å². The summed E-state index contributed by atoms with van der Waals surface area (Å²) < 4.78 is 0. The molecule has 5 nitrogen and oxygen atoms in total. The molecule has 0 radical (unpaired) electrons. The summed E-state index contributed by atoms with van der Waals surface area (Å²) in [6, 6.07) is 0. The van der Waals surface area contributed by atoms with E-state index in [2.05, 4.69) is 10.2 Å². The van der Waals surface area contributed by atoms with Crippen LogP contribution in [0.2, 0.25) is 0 Å². The van der Waals surface area contributed by atoms with Crippen molar-refractivity contribution in [1.29, 1.82) is 0 Å². The summed E-state index contributed by atoms with van der Waals surface area (Å²) in [5.41, 5.74) is 5.79. The molecule has 5 heteroatoms. The van der Waals surface area contributed by atoms with Gasteiger partial charge in [-0.2, -0.15) is 5.10 Å². The molecule has 1 aliphatic rings. The standard InChI is InChI=1S/C4H7N5/c5-1-4-2-7-8-3-9(4)6/h1-3H,5-6H2/b4-1-. The fourth-order valence-electron chi connectivity index (χ4n) is 0.440. The molecule has 0 spiro atoms. The van der Waals surface area contributed by atoms with Crippen molar-refractivity contribution in [1.82, 2.24) is 5.01 Å². The largest absolute Gasteiger partial charge is 0.403 e. The average Bonchev–Trinajstić information content (AvgIpc) is 1.89.